The molecular formula is C13H18FN. The Balaban J connectivity index is 3.01. The molecule has 1 rings (SSSR count). The summed E-state index contributed by atoms with van der Waals surface area (Å²) in [5.74, 6) is 0.239. The maximum absolute atomic E-state index is 13.3. The van der Waals surface area contributed by atoms with E-state index in [0.29, 0.717) is 18.0 Å². The van der Waals surface area contributed by atoms with E-state index in [2.05, 4.69) is 13.8 Å². The second kappa shape index (κ2) is 5.08. The third kappa shape index (κ3) is 3.17. The quantitative estimate of drug-likeness (QED) is 0.809. The molecule has 82 valence electrons. The molecular weight excluding hydrogens is 189 g/mol. The van der Waals surface area contributed by atoms with Gasteiger partial charge in [0, 0.05) is 6.54 Å². The highest BCUT2D eigenvalue weighted by Crippen LogP contribution is 2.16. The van der Waals surface area contributed by atoms with Crippen LogP contribution < -0.4 is 5.73 Å². The highest BCUT2D eigenvalue weighted by Gasteiger charge is 2.02. The van der Waals surface area contributed by atoms with Crippen molar-refractivity contribution in [2.75, 3.05) is 6.54 Å². The van der Waals surface area contributed by atoms with Gasteiger partial charge in [-0.3, -0.25) is 0 Å². The van der Waals surface area contributed by atoms with Gasteiger partial charge in [0.1, 0.15) is 5.82 Å². The van der Waals surface area contributed by atoms with Crippen molar-refractivity contribution in [3.63, 3.8) is 0 Å². The van der Waals surface area contributed by atoms with Crippen molar-refractivity contribution >= 4 is 6.08 Å². The Hall–Kier alpha value is -1.15. The second-order valence-electron chi connectivity index (χ2n) is 4.09. The van der Waals surface area contributed by atoms with E-state index in [1.54, 1.807) is 19.1 Å². The summed E-state index contributed by atoms with van der Waals surface area (Å²) < 4.78 is 13.3. The van der Waals surface area contributed by atoms with Crippen LogP contribution in [0.15, 0.2) is 23.8 Å². The Morgan fingerprint density at radius 1 is 1.47 bits per heavy atom. The van der Waals surface area contributed by atoms with Crippen molar-refractivity contribution in [3.05, 3.63) is 40.7 Å². The van der Waals surface area contributed by atoms with E-state index in [4.69, 9.17) is 5.73 Å². The largest absolute Gasteiger partial charge is 0.327 e. The first kappa shape index (κ1) is 11.9. The summed E-state index contributed by atoms with van der Waals surface area (Å²) in [5.41, 5.74) is 8.32. The van der Waals surface area contributed by atoms with Crippen molar-refractivity contribution in [1.82, 2.24) is 0 Å². The van der Waals surface area contributed by atoms with Crippen molar-refractivity contribution in [2.45, 2.75) is 20.8 Å². The molecule has 1 nitrogen and oxygen atoms in total. The molecule has 0 unspecified atom stereocenters. The summed E-state index contributed by atoms with van der Waals surface area (Å²) in [5, 5.41) is 0. The monoisotopic (exact) mass is 207 g/mol. The highest BCUT2D eigenvalue weighted by atomic mass is 19.1. The van der Waals surface area contributed by atoms with Gasteiger partial charge in [-0.05, 0) is 30.0 Å². The standard InChI is InChI=1S/C13H18FN/c1-9(2)12(8-15)6-11-5-4-10(3)13(14)7-11/h4-7,9H,8,15H2,1-3H3. The Bertz CT molecular complexity index is 367. The van der Waals surface area contributed by atoms with Gasteiger partial charge < -0.3 is 5.73 Å². The highest BCUT2D eigenvalue weighted by molar-refractivity contribution is 5.54. The Kier molecular flexibility index (Phi) is 4.04. The summed E-state index contributed by atoms with van der Waals surface area (Å²) in [7, 11) is 0. The first-order chi connectivity index (χ1) is 7.04. The zero-order valence-corrected chi connectivity index (χ0v) is 9.55. The predicted octanol–water partition coefficient (Wildman–Crippen LogP) is 3.13. The number of aryl methyl sites for hydroxylation is 1. The SMILES string of the molecule is Cc1ccc(C=C(CN)C(C)C)cc1F. The van der Waals surface area contributed by atoms with Crippen molar-refractivity contribution < 1.29 is 4.39 Å². The van der Waals surface area contributed by atoms with Gasteiger partial charge in [0.25, 0.3) is 0 Å². The second-order valence-corrected chi connectivity index (χ2v) is 4.09. The molecule has 0 aliphatic rings. The van der Waals surface area contributed by atoms with Crippen molar-refractivity contribution in [1.29, 1.82) is 0 Å². The molecule has 0 radical (unpaired) electrons. The van der Waals surface area contributed by atoms with Gasteiger partial charge >= 0.3 is 0 Å². The fraction of sp³-hybridized carbons (Fsp3) is 0.385. The molecule has 0 bridgehead atoms. The molecule has 1 aromatic carbocycles. The topological polar surface area (TPSA) is 26.0 Å². The van der Waals surface area contributed by atoms with Crippen LogP contribution in [0.5, 0.6) is 0 Å². The molecule has 0 aromatic heterocycles. The van der Waals surface area contributed by atoms with E-state index in [0.717, 1.165) is 11.1 Å². The van der Waals surface area contributed by atoms with E-state index in [1.807, 2.05) is 12.1 Å². The normalized spacial score (nSPS) is 12.3. The van der Waals surface area contributed by atoms with Crippen molar-refractivity contribution in [2.24, 2.45) is 11.7 Å². The van der Waals surface area contributed by atoms with Crippen LogP contribution in [0.3, 0.4) is 0 Å². The first-order valence-electron chi connectivity index (χ1n) is 5.21. The number of halogens is 1. The smallest absolute Gasteiger partial charge is 0.126 e. The lowest BCUT2D eigenvalue weighted by Crippen LogP contribution is -2.08. The fourth-order valence-corrected chi connectivity index (χ4v) is 1.37. The van der Waals surface area contributed by atoms with Crippen LogP contribution in [0.25, 0.3) is 6.08 Å². The third-order valence-corrected chi connectivity index (χ3v) is 2.53. The molecule has 0 aliphatic carbocycles. The van der Waals surface area contributed by atoms with Gasteiger partial charge in [-0.2, -0.15) is 0 Å². The Morgan fingerprint density at radius 2 is 2.13 bits per heavy atom. The van der Waals surface area contributed by atoms with Gasteiger partial charge in [0.2, 0.25) is 0 Å². The van der Waals surface area contributed by atoms with Gasteiger partial charge in [-0.25, -0.2) is 4.39 Å². The van der Waals surface area contributed by atoms with Crippen LogP contribution >= 0.6 is 0 Å². The third-order valence-electron chi connectivity index (χ3n) is 2.53. The predicted molar refractivity (Wildman–Crippen MR) is 63.0 cm³/mol. The minimum absolute atomic E-state index is 0.163. The number of hydrogen-bond donors (Lipinski definition) is 1. The zero-order valence-electron chi connectivity index (χ0n) is 9.55. The summed E-state index contributed by atoms with van der Waals surface area (Å²) >= 11 is 0. The molecule has 0 fully saturated rings. The molecule has 0 heterocycles. The summed E-state index contributed by atoms with van der Waals surface area (Å²) in [6, 6.07) is 5.25. The molecule has 2 N–H and O–H groups in total. The van der Waals surface area contributed by atoms with E-state index >= 15 is 0 Å². The molecule has 0 saturated carbocycles. The van der Waals surface area contributed by atoms with Gasteiger partial charge in [-0.1, -0.05) is 37.6 Å². The molecule has 2 heteroatoms. The summed E-state index contributed by atoms with van der Waals surface area (Å²) in [6.45, 7) is 6.45. The van der Waals surface area contributed by atoms with Crippen LogP contribution in [0, 0.1) is 18.7 Å². The first-order valence-corrected chi connectivity index (χ1v) is 5.21. The molecule has 1 aromatic rings. The minimum Gasteiger partial charge on any atom is -0.327 e. The van der Waals surface area contributed by atoms with Gasteiger partial charge in [0.05, 0.1) is 0 Å². The van der Waals surface area contributed by atoms with E-state index in [9.17, 15) is 4.39 Å². The lowest BCUT2D eigenvalue weighted by molar-refractivity contribution is 0.618. The van der Waals surface area contributed by atoms with E-state index in [-0.39, 0.29) is 5.82 Å². The zero-order chi connectivity index (χ0) is 11.4. The number of rotatable bonds is 3. The molecule has 0 spiro atoms. The summed E-state index contributed by atoms with van der Waals surface area (Å²) in [4.78, 5) is 0. The van der Waals surface area contributed by atoms with Gasteiger partial charge in [0.15, 0.2) is 0 Å². The maximum atomic E-state index is 13.3. The lowest BCUT2D eigenvalue weighted by atomic mass is 10.00. The number of benzene rings is 1. The van der Waals surface area contributed by atoms with Crippen LogP contribution in [0.2, 0.25) is 0 Å². The number of hydrogen-bond acceptors (Lipinski definition) is 1. The Morgan fingerprint density at radius 3 is 2.60 bits per heavy atom. The summed E-state index contributed by atoms with van der Waals surface area (Å²) in [6.07, 6.45) is 1.97. The van der Waals surface area contributed by atoms with E-state index in [1.165, 1.54) is 0 Å². The van der Waals surface area contributed by atoms with Crippen LogP contribution in [0.1, 0.15) is 25.0 Å². The fourth-order valence-electron chi connectivity index (χ4n) is 1.37. The minimum atomic E-state index is -0.163. The van der Waals surface area contributed by atoms with Gasteiger partial charge in [-0.15, -0.1) is 0 Å². The molecule has 15 heavy (non-hydrogen) atoms. The van der Waals surface area contributed by atoms with Crippen LogP contribution in [0.4, 0.5) is 4.39 Å². The molecule has 0 aliphatic heterocycles. The molecule has 0 atom stereocenters. The average molecular weight is 207 g/mol. The average Bonchev–Trinajstić information content (AvgIpc) is 2.19. The van der Waals surface area contributed by atoms with Crippen LogP contribution in [-0.2, 0) is 0 Å². The lowest BCUT2D eigenvalue weighted by Gasteiger charge is -2.08. The molecule has 0 amide bonds. The van der Waals surface area contributed by atoms with Crippen molar-refractivity contribution in [3.8, 4) is 0 Å². The van der Waals surface area contributed by atoms with E-state index < -0.39 is 0 Å². The van der Waals surface area contributed by atoms with Crippen LogP contribution in [-0.4, -0.2) is 6.54 Å². The Labute approximate surface area is 90.8 Å². The molecule has 0 saturated heterocycles. The number of nitrogens with two attached hydrogens (primary N) is 1. The maximum Gasteiger partial charge on any atom is 0.126 e.